The van der Waals surface area contributed by atoms with Gasteiger partial charge in [-0.15, -0.1) is 0 Å². The molecule has 12 heteroatoms. The predicted octanol–water partition coefficient (Wildman–Crippen LogP) is 8.42. The highest BCUT2D eigenvalue weighted by Crippen LogP contribution is 2.36. The Hall–Kier alpha value is -2.63. The van der Waals surface area contributed by atoms with E-state index >= 15 is 0 Å². The summed E-state index contributed by atoms with van der Waals surface area (Å²) >= 11 is 0. The predicted molar refractivity (Wildman–Crippen MR) is 211 cm³/mol. The van der Waals surface area contributed by atoms with Gasteiger partial charge in [0, 0.05) is 12.8 Å². The number of hydrogen-bond donors (Lipinski definition) is 5. The number of carbonyl (C=O) groups is 2. The smallest absolute Gasteiger partial charge is 0.462 e. The number of hydrogen-bond acceptors (Lipinski definition) is 9. The molecule has 0 spiro atoms. The number of aliphatic hydroxyl groups is 3. The molecule has 53 heavy (non-hydrogen) atoms. The number of unbranched alkanes of at least 4 members (excludes halogenated alkanes) is 11. The van der Waals surface area contributed by atoms with Crippen molar-refractivity contribution in [2.75, 3.05) is 13.2 Å². The maximum Gasteiger partial charge on any atom is 0.469 e. The second-order valence-electron chi connectivity index (χ2n) is 13.1. The van der Waals surface area contributed by atoms with Gasteiger partial charge in [-0.3, -0.25) is 14.1 Å². The number of esters is 2. The normalized spacial score (nSPS) is 15.1. The van der Waals surface area contributed by atoms with Crippen LogP contribution in [0.1, 0.15) is 136 Å². The third-order valence-electron chi connectivity index (χ3n) is 8.09. The lowest BCUT2D eigenvalue weighted by Crippen LogP contribution is -2.29. The monoisotopic (exact) mass is 768 g/mol. The molecule has 4 atom stereocenters. The standard InChI is InChI=1S/C41H69O11P/c1-3-5-7-8-9-10-11-12-13-14-15-16-17-22-26-32-41(46)52-37(35-51-53(47,48)49)34-50-40(45)33-27-31-39(44)38(43)30-25-21-19-18-20-24-29-36(42)28-23-6-4-2/h10-13,18-21,24-25,29-30,36-39,42-44H,3-9,14-17,22-23,26-28,31-35H2,1-2H3,(H2,47,48,49)/b11-10-,13-12-,20-18-,21-19+,29-24+,30-25+/t36-,37-,38-,39-/m1/s1. The first-order valence-electron chi connectivity index (χ1n) is 19.6. The van der Waals surface area contributed by atoms with E-state index < -0.39 is 57.4 Å². The molecule has 5 N–H and O–H groups in total. The largest absolute Gasteiger partial charge is 0.469 e. The van der Waals surface area contributed by atoms with E-state index in [1.807, 2.05) is 0 Å². The molecule has 0 aromatic heterocycles. The molecule has 0 aromatic carbocycles. The highest BCUT2D eigenvalue weighted by molar-refractivity contribution is 7.46. The molecular weight excluding hydrogens is 699 g/mol. The summed E-state index contributed by atoms with van der Waals surface area (Å²) in [5.74, 6) is -1.24. The van der Waals surface area contributed by atoms with Crippen molar-refractivity contribution in [2.45, 2.75) is 160 Å². The van der Waals surface area contributed by atoms with Gasteiger partial charge in [0.2, 0.25) is 0 Å². The van der Waals surface area contributed by atoms with Crippen LogP contribution in [-0.2, 0) is 28.2 Å². The van der Waals surface area contributed by atoms with E-state index in [-0.39, 0.29) is 25.7 Å². The molecule has 0 aliphatic carbocycles. The molecule has 0 amide bonds. The summed E-state index contributed by atoms with van der Waals surface area (Å²) in [4.78, 5) is 42.8. The Morgan fingerprint density at radius 3 is 1.79 bits per heavy atom. The van der Waals surface area contributed by atoms with Gasteiger partial charge in [0.25, 0.3) is 0 Å². The lowest BCUT2D eigenvalue weighted by molar-refractivity contribution is -0.161. The molecule has 0 aliphatic heterocycles. The van der Waals surface area contributed by atoms with E-state index in [0.29, 0.717) is 6.42 Å². The molecule has 0 heterocycles. The summed E-state index contributed by atoms with van der Waals surface area (Å²) in [5, 5.41) is 30.2. The Morgan fingerprint density at radius 2 is 1.15 bits per heavy atom. The lowest BCUT2D eigenvalue weighted by atomic mass is 10.1. The third-order valence-corrected chi connectivity index (χ3v) is 8.58. The van der Waals surface area contributed by atoms with E-state index in [4.69, 9.17) is 19.3 Å². The quantitative estimate of drug-likeness (QED) is 0.0184. The molecule has 11 nitrogen and oxygen atoms in total. The second kappa shape index (κ2) is 35.1. The minimum atomic E-state index is -4.84. The van der Waals surface area contributed by atoms with Crippen LogP contribution in [0.2, 0.25) is 0 Å². The fourth-order valence-electron chi connectivity index (χ4n) is 4.98. The van der Waals surface area contributed by atoms with Crippen LogP contribution in [0, 0.1) is 0 Å². The van der Waals surface area contributed by atoms with Crippen molar-refractivity contribution in [3.63, 3.8) is 0 Å². The molecule has 0 aliphatic rings. The molecule has 0 aromatic rings. The first kappa shape index (κ1) is 50.4. The minimum Gasteiger partial charge on any atom is -0.462 e. The summed E-state index contributed by atoms with van der Waals surface area (Å²) in [5.41, 5.74) is 0. The number of rotatable bonds is 34. The highest BCUT2D eigenvalue weighted by atomic mass is 31.2. The summed E-state index contributed by atoms with van der Waals surface area (Å²) in [6, 6.07) is 0. The number of phosphoric ester groups is 1. The van der Waals surface area contributed by atoms with Crippen molar-refractivity contribution < 1.29 is 53.3 Å². The zero-order valence-corrected chi connectivity index (χ0v) is 33.1. The van der Waals surface area contributed by atoms with Gasteiger partial charge < -0.3 is 34.6 Å². The third kappa shape index (κ3) is 36.1. The average Bonchev–Trinajstić information content (AvgIpc) is 3.11. The Morgan fingerprint density at radius 1 is 0.604 bits per heavy atom. The molecular formula is C41H69O11P. The van der Waals surface area contributed by atoms with Gasteiger partial charge in [0.05, 0.1) is 24.9 Å². The fraction of sp³-hybridized carbons (Fsp3) is 0.659. The van der Waals surface area contributed by atoms with Gasteiger partial charge in [-0.1, -0.05) is 145 Å². The Bertz CT molecular complexity index is 1140. The maximum absolute atomic E-state index is 12.4. The van der Waals surface area contributed by atoms with Crippen molar-refractivity contribution in [3.8, 4) is 0 Å². The van der Waals surface area contributed by atoms with Crippen LogP contribution in [0.25, 0.3) is 0 Å². The summed E-state index contributed by atoms with van der Waals surface area (Å²) in [6.45, 7) is 3.23. The molecule has 0 unspecified atom stereocenters. The van der Waals surface area contributed by atoms with E-state index in [2.05, 4.69) is 42.7 Å². The topological polar surface area (TPSA) is 180 Å². The van der Waals surface area contributed by atoms with Crippen LogP contribution in [0.4, 0.5) is 0 Å². The molecule has 0 bridgehead atoms. The molecule has 304 valence electrons. The second-order valence-corrected chi connectivity index (χ2v) is 14.4. The highest BCUT2D eigenvalue weighted by Gasteiger charge is 2.23. The van der Waals surface area contributed by atoms with Crippen molar-refractivity contribution in [1.82, 2.24) is 0 Å². The molecule has 0 saturated heterocycles. The molecule has 0 fully saturated rings. The number of phosphoric acid groups is 1. The van der Waals surface area contributed by atoms with Crippen molar-refractivity contribution in [2.24, 2.45) is 0 Å². The van der Waals surface area contributed by atoms with Crippen LogP contribution >= 0.6 is 7.82 Å². The zero-order valence-electron chi connectivity index (χ0n) is 32.2. The van der Waals surface area contributed by atoms with Crippen LogP contribution in [0.3, 0.4) is 0 Å². The Kier molecular flexibility index (Phi) is 33.4. The lowest BCUT2D eigenvalue weighted by Gasteiger charge is -2.18. The van der Waals surface area contributed by atoms with Crippen molar-refractivity contribution in [1.29, 1.82) is 0 Å². The van der Waals surface area contributed by atoms with E-state index in [1.165, 1.54) is 31.8 Å². The molecule has 0 radical (unpaired) electrons. The molecule has 0 saturated carbocycles. The van der Waals surface area contributed by atoms with Gasteiger partial charge >= 0.3 is 19.8 Å². The van der Waals surface area contributed by atoms with Crippen LogP contribution in [-0.4, -0.2) is 74.7 Å². The number of allylic oxidation sites excluding steroid dienone is 10. The van der Waals surface area contributed by atoms with Gasteiger partial charge in [-0.05, 0) is 51.4 Å². The molecule has 0 rings (SSSR count). The van der Waals surface area contributed by atoms with Gasteiger partial charge in [0.1, 0.15) is 6.61 Å². The average molecular weight is 769 g/mol. The first-order valence-corrected chi connectivity index (χ1v) is 21.1. The minimum absolute atomic E-state index is 0.0926. The fourth-order valence-corrected chi connectivity index (χ4v) is 5.34. The van der Waals surface area contributed by atoms with Crippen molar-refractivity contribution in [3.05, 3.63) is 72.9 Å². The zero-order chi connectivity index (χ0) is 39.4. The number of ether oxygens (including phenoxy) is 2. The van der Waals surface area contributed by atoms with Gasteiger partial charge in [-0.2, -0.15) is 0 Å². The Balaban J connectivity index is 4.35. The Labute approximate surface area is 318 Å². The SMILES string of the molecule is CCCCCC/C=C\C=C/CCCCCCCC(=O)O[C@H](COC(=O)CCC[C@@H](O)[C@H](O)/C=C/C=C/C=C\C=C\[C@H](O)CCCCC)COP(=O)(O)O. The summed E-state index contributed by atoms with van der Waals surface area (Å²) in [7, 11) is -4.84. The number of carbonyl (C=O) groups excluding carboxylic acids is 2. The van der Waals surface area contributed by atoms with E-state index in [9.17, 15) is 29.5 Å². The van der Waals surface area contributed by atoms with Crippen LogP contribution in [0.5, 0.6) is 0 Å². The summed E-state index contributed by atoms with van der Waals surface area (Å²) < 4.78 is 26.1. The van der Waals surface area contributed by atoms with Gasteiger partial charge in [-0.25, -0.2) is 4.57 Å². The first-order chi connectivity index (χ1) is 25.5. The van der Waals surface area contributed by atoms with Gasteiger partial charge in [0.15, 0.2) is 6.10 Å². The summed E-state index contributed by atoms with van der Waals surface area (Å²) in [6.07, 6.45) is 34.2. The van der Waals surface area contributed by atoms with Crippen LogP contribution in [0.15, 0.2) is 72.9 Å². The van der Waals surface area contributed by atoms with Crippen LogP contribution < -0.4 is 0 Å². The maximum atomic E-state index is 12.4. The number of aliphatic hydroxyl groups excluding tert-OH is 3. The van der Waals surface area contributed by atoms with Crippen molar-refractivity contribution >= 4 is 19.8 Å². The van der Waals surface area contributed by atoms with E-state index in [1.54, 1.807) is 42.5 Å². The van der Waals surface area contributed by atoms with E-state index in [0.717, 1.165) is 64.2 Å².